The van der Waals surface area contributed by atoms with Crippen LogP contribution in [0.25, 0.3) is 5.73 Å². The largest absolute Gasteiger partial charge is 0.677 e. The summed E-state index contributed by atoms with van der Waals surface area (Å²) in [4.78, 5) is 0. The second-order valence-electron chi connectivity index (χ2n) is 5.65. The molecule has 0 radical (unpaired) electrons. The summed E-state index contributed by atoms with van der Waals surface area (Å²) in [5.74, 6) is 3.25. The molecule has 1 aliphatic rings. The molecule has 110 valence electrons. The minimum Gasteiger partial charge on any atom is -0.677 e. The van der Waals surface area contributed by atoms with Crippen LogP contribution < -0.4 is 0 Å². The van der Waals surface area contributed by atoms with E-state index in [4.69, 9.17) is 5.73 Å². The summed E-state index contributed by atoms with van der Waals surface area (Å²) in [7, 11) is 0. The summed E-state index contributed by atoms with van der Waals surface area (Å²) in [6.45, 7) is 16.4. The van der Waals surface area contributed by atoms with Gasteiger partial charge in [0.2, 0.25) is 0 Å². The van der Waals surface area contributed by atoms with Crippen LogP contribution in [-0.4, -0.2) is 6.04 Å². The third kappa shape index (κ3) is 26.3. The third-order valence-electron chi connectivity index (χ3n) is 1.91. The van der Waals surface area contributed by atoms with E-state index < -0.39 is 0 Å². The molecule has 2 atom stereocenters. The van der Waals surface area contributed by atoms with Gasteiger partial charge < -0.3 is 24.5 Å². The van der Waals surface area contributed by atoms with Crippen LogP contribution in [0.15, 0.2) is 0 Å². The van der Waals surface area contributed by atoms with E-state index >= 15 is 0 Å². The molecule has 0 aromatic rings. The molecular weight excluding hydrogens is 301 g/mol. The van der Waals surface area contributed by atoms with Crippen molar-refractivity contribution in [3.8, 4) is 0 Å². The Hall–Kier alpha value is 0.622. The van der Waals surface area contributed by atoms with Gasteiger partial charge in [-0.15, -0.1) is 0 Å². The van der Waals surface area contributed by atoms with E-state index in [0.717, 1.165) is 6.42 Å². The zero-order valence-electron chi connectivity index (χ0n) is 12.5. The molecule has 1 nitrogen and oxygen atoms in total. The van der Waals surface area contributed by atoms with Crippen molar-refractivity contribution in [1.82, 2.24) is 0 Å². The molecule has 0 saturated heterocycles. The molecule has 0 bridgehead atoms. The summed E-state index contributed by atoms with van der Waals surface area (Å²) in [5.41, 5.74) is 7.42. The van der Waals surface area contributed by atoms with Gasteiger partial charge in [-0.2, -0.15) is 53.5 Å². The average Bonchev–Trinajstić information content (AvgIpc) is 2.08. The van der Waals surface area contributed by atoms with Crippen molar-refractivity contribution < 1.29 is 20.4 Å². The molecule has 0 aromatic carbocycles. The fraction of sp³-hybridized carbons (Fsp3) is 0.800. The minimum absolute atomic E-state index is 0. The van der Waals surface area contributed by atoms with Gasteiger partial charge in [-0.25, -0.2) is 0 Å². The standard InChI is InChI=1S/C7H13N.2C4H9.Pd/c1-6-4-2-3-5-7(6)8;2*1-4(2)3;/h6-8H,1-5H2;2*1-3H3;/q-2;2*-1;/t6-,7-;;;/m0.../s1. The summed E-state index contributed by atoms with van der Waals surface area (Å²) in [6.07, 6.45) is 4.80. The Labute approximate surface area is 124 Å². The first kappa shape index (κ1) is 22.8. The van der Waals surface area contributed by atoms with Crippen LogP contribution in [0.5, 0.6) is 0 Å². The van der Waals surface area contributed by atoms with Gasteiger partial charge >= 0.3 is 0 Å². The van der Waals surface area contributed by atoms with Gasteiger partial charge in [-0.3, -0.25) is 0 Å². The quantitative estimate of drug-likeness (QED) is 0.403. The molecule has 2 heteroatoms. The molecule has 1 N–H and O–H groups in total. The Kier molecular flexibility index (Phi) is 19.7. The van der Waals surface area contributed by atoms with E-state index in [1.54, 1.807) is 0 Å². The van der Waals surface area contributed by atoms with Crippen molar-refractivity contribution in [3.05, 3.63) is 24.5 Å². The first-order chi connectivity index (χ1) is 7.27. The van der Waals surface area contributed by atoms with Crippen molar-refractivity contribution in [2.24, 2.45) is 5.92 Å². The van der Waals surface area contributed by atoms with Gasteiger partial charge in [0.25, 0.3) is 0 Å². The van der Waals surface area contributed by atoms with E-state index in [1.165, 1.54) is 31.1 Å². The molecule has 1 aliphatic carbocycles. The van der Waals surface area contributed by atoms with E-state index in [9.17, 15) is 0 Å². The minimum atomic E-state index is 0. The van der Waals surface area contributed by atoms with Gasteiger partial charge in [-0.1, -0.05) is 25.7 Å². The Balaban J connectivity index is -0.000000189. The SMILES string of the molecule is C[C-](C)C.C[C-](C)C.[CH2-][C@H]1CCCC[C@@H]1[NH-].[Pd]. The molecule has 0 spiro atoms. The van der Waals surface area contributed by atoms with Crippen molar-refractivity contribution in [2.75, 3.05) is 0 Å². The van der Waals surface area contributed by atoms with Gasteiger partial charge in [0, 0.05) is 20.4 Å². The Bertz CT molecular complexity index is 113. The summed E-state index contributed by atoms with van der Waals surface area (Å²) in [6, 6.07) is 0.142. The second kappa shape index (κ2) is 14.7. The average molecular weight is 332 g/mol. The molecule has 0 amide bonds. The van der Waals surface area contributed by atoms with Crippen molar-refractivity contribution in [1.29, 1.82) is 0 Å². The number of rotatable bonds is 0. The molecule has 1 fully saturated rings. The number of hydrogen-bond acceptors (Lipinski definition) is 0. The zero-order chi connectivity index (χ0) is 13.1. The van der Waals surface area contributed by atoms with Crippen LogP contribution in [0.2, 0.25) is 0 Å². The molecule has 17 heavy (non-hydrogen) atoms. The zero-order valence-corrected chi connectivity index (χ0v) is 14.1. The summed E-state index contributed by atoms with van der Waals surface area (Å²) < 4.78 is 0. The molecule has 0 aliphatic heterocycles. The first-order valence-electron chi connectivity index (χ1n) is 6.35. The van der Waals surface area contributed by atoms with Crippen LogP contribution in [0.1, 0.15) is 67.2 Å². The third-order valence-corrected chi connectivity index (χ3v) is 1.91. The normalized spacial score (nSPS) is 22.9. The molecule has 1 rings (SSSR count). The van der Waals surface area contributed by atoms with Crippen molar-refractivity contribution in [2.45, 2.75) is 73.3 Å². The van der Waals surface area contributed by atoms with E-state index in [0.29, 0.717) is 5.92 Å². The molecule has 1 saturated carbocycles. The number of hydrogen-bond donors (Lipinski definition) is 0. The van der Waals surface area contributed by atoms with Gasteiger partial charge in [0.05, 0.1) is 0 Å². The van der Waals surface area contributed by atoms with Crippen LogP contribution in [0, 0.1) is 24.7 Å². The fourth-order valence-corrected chi connectivity index (χ4v) is 1.21. The van der Waals surface area contributed by atoms with Crippen LogP contribution in [0.4, 0.5) is 0 Å². The molecule has 0 unspecified atom stereocenters. The Morgan fingerprint density at radius 1 is 0.882 bits per heavy atom. The summed E-state index contributed by atoms with van der Waals surface area (Å²) in [5, 5.41) is 0. The van der Waals surface area contributed by atoms with Gasteiger partial charge in [0.15, 0.2) is 0 Å². The summed E-state index contributed by atoms with van der Waals surface area (Å²) >= 11 is 0. The Morgan fingerprint density at radius 2 is 1.18 bits per heavy atom. The van der Waals surface area contributed by atoms with Crippen LogP contribution >= 0.6 is 0 Å². The van der Waals surface area contributed by atoms with Gasteiger partial charge in [-0.05, 0) is 0 Å². The smallest absolute Gasteiger partial charge is 0 e. The first-order valence-corrected chi connectivity index (χ1v) is 6.35. The van der Waals surface area contributed by atoms with Gasteiger partial charge in [0.1, 0.15) is 0 Å². The molecule has 0 aromatic heterocycles. The predicted octanol–water partition coefficient (Wildman–Crippen LogP) is 5.67. The fourth-order valence-electron chi connectivity index (χ4n) is 1.21. The van der Waals surface area contributed by atoms with Crippen LogP contribution in [0.3, 0.4) is 0 Å². The van der Waals surface area contributed by atoms with E-state index in [2.05, 4.69) is 48.5 Å². The maximum absolute atomic E-state index is 7.42. The molecule has 0 heterocycles. The monoisotopic (exact) mass is 331 g/mol. The van der Waals surface area contributed by atoms with Crippen LogP contribution in [-0.2, 0) is 20.4 Å². The maximum atomic E-state index is 7.42. The van der Waals surface area contributed by atoms with E-state index in [1.807, 2.05) is 0 Å². The molecular formula is C15H31NPd-4. The second-order valence-corrected chi connectivity index (χ2v) is 5.65. The topological polar surface area (TPSA) is 23.8 Å². The van der Waals surface area contributed by atoms with E-state index in [-0.39, 0.29) is 26.5 Å². The Morgan fingerprint density at radius 3 is 1.35 bits per heavy atom. The predicted molar refractivity (Wildman–Crippen MR) is 76.0 cm³/mol. The van der Waals surface area contributed by atoms with Crippen molar-refractivity contribution >= 4 is 0 Å². The van der Waals surface area contributed by atoms with Crippen molar-refractivity contribution in [3.63, 3.8) is 0 Å². The maximum Gasteiger partial charge on any atom is 0 e. The number of nitrogens with one attached hydrogen (secondary N) is 1.